The van der Waals surface area contributed by atoms with Gasteiger partial charge in [-0.15, -0.1) is 0 Å². The van der Waals surface area contributed by atoms with Crippen LogP contribution in [0.5, 0.6) is 0 Å². The second kappa shape index (κ2) is 5.35. The average Bonchev–Trinajstić information content (AvgIpc) is 3.20. The summed E-state index contributed by atoms with van der Waals surface area (Å²) >= 11 is 0. The fourth-order valence-electron chi connectivity index (χ4n) is 2.17. The van der Waals surface area contributed by atoms with Gasteiger partial charge in [-0.3, -0.25) is 9.78 Å². The van der Waals surface area contributed by atoms with Gasteiger partial charge < -0.3 is 15.0 Å². The van der Waals surface area contributed by atoms with Gasteiger partial charge in [-0.2, -0.15) is 0 Å². The molecule has 7 heteroatoms. The van der Waals surface area contributed by atoms with Gasteiger partial charge >= 0.3 is 5.97 Å². The van der Waals surface area contributed by atoms with Crippen molar-refractivity contribution in [2.24, 2.45) is 0 Å². The van der Waals surface area contributed by atoms with Crippen molar-refractivity contribution in [1.29, 1.82) is 0 Å². The highest BCUT2D eigenvalue weighted by atomic mass is 16.4. The molecule has 2 aromatic heterocycles. The van der Waals surface area contributed by atoms with E-state index in [4.69, 9.17) is 5.11 Å². The molecule has 21 heavy (non-hydrogen) atoms. The van der Waals surface area contributed by atoms with Crippen molar-refractivity contribution in [3.63, 3.8) is 0 Å². The van der Waals surface area contributed by atoms with Crippen molar-refractivity contribution >= 4 is 11.9 Å². The number of rotatable bonds is 5. The van der Waals surface area contributed by atoms with Gasteiger partial charge in [-0.25, -0.2) is 9.78 Å². The quantitative estimate of drug-likeness (QED) is 0.863. The number of imidazole rings is 1. The van der Waals surface area contributed by atoms with Gasteiger partial charge in [0.15, 0.2) is 11.4 Å². The van der Waals surface area contributed by atoms with Gasteiger partial charge in [0.2, 0.25) is 0 Å². The number of carbonyl (C=O) groups excluding carboxylic acids is 1. The van der Waals surface area contributed by atoms with Crippen LogP contribution in [0.25, 0.3) is 0 Å². The van der Waals surface area contributed by atoms with E-state index in [0.29, 0.717) is 6.54 Å². The lowest BCUT2D eigenvalue weighted by Crippen LogP contribution is -2.34. The first-order valence-electron chi connectivity index (χ1n) is 6.64. The summed E-state index contributed by atoms with van der Waals surface area (Å²) in [6, 6.07) is 5.64. The molecule has 1 amide bonds. The number of aromatic amines is 1. The van der Waals surface area contributed by atoms with Gasteiger partial charge in [-0.05, 0) is 25.0 Å². The third-order valence-corrected chi connectivity index (χ3v) is 3.36. The predicted octanol–water partition coefficient (Wildman–Crippen LogP) is 1.31. The second-order valence-corrected chi connectivity index (χ2v) is 4.92. The first kappa shape index (κ1) is 13.3. The molecule has 0 unspecified atom stereocenters. The van der Waals surface area contributed by atoms with Crippen molar-refractivity contribution in [2.75, 3.05) is 0 Å². The number of nitrogens with one attached hydrogen (secondary N) is 1. The van der Waals surface area contributed by atoms with Crippen molar-refractivity contribution in [2.45, 2.75) is 25.4 Å². The van der Waals surface area contributed by atoms with Crippen LogP contribution in [0.1, 0.15) is 39.5 Å². The van der Waals surface area contributed by atoms with E-state index in [9.17, 15) is 9.59 Å². The van der Waals surface area contributed by atoms with E-state index in [-0.39, 0.29) is 23.3 Å². The fraction of sp³-hybridized carbons (Fsp3) is 0.286. The Hall–Kier alpha value is -2.70. The third kappa shape index (κ3) is 2.76. The Balaban J connectivity index is 1.85. The number of carbonyl (C=O) groups is 2. The summed E-state index contributed by atoms with van der Waals surface area (Å²) in [5.41, 5.74) is 0.544. The van der Waals surface area contributed by atoms with Crippen LogP contribution in [0, 0.1) is 0 Å². The zero-order valence-electron chi connectivity index (χ0n) is 11.2. The first-order valence-corrected chi connectivity index (χ1v) is 6.64. The van der Waals surface area contributed by atoms with E-state index in [0.717, 1.165) is 18.5 Å². The van der Waals surface area contributed by atoms with Crippen LogP contribution in [0.15, 0.2) is 30.7 Å². The summed E-state index contributed by atoms with van der Waals surface area (Å²) in [6.07, 6.45) is 4.74. The van der Waals surface area contributed by atoms with Crippen molar-refractivity contribution in [1.82, 2.24) is 19.9 Å². The van der Waals surface area contributed by atoms with Crippen LogP contribution in [0.4, 0.5) is 0 Å². The van der Waals surface area contributed by atoms with Crippen LogP contribution >= 0.6 is 0 Å². The fourth-order valence-corrected chi connectivity index (χ4v) is 2.17. The molecule has 1 aliphatic carbocycles. The molecule has 108 valence electrons. The lowest BCUT2D eigenvalue weighted by atomic mass is 10.2. The largest absolute Gasteiger partial charge is 0.477 e. The van der Waals surface area contributed by atoms with Crippen molar-refractivity contribution in [3.8, 4) is 0 Å². The number of aromatic nitrogens is 3. The minimum Gasteiger partial charge on any atom is -0.477 e. The molecule has 1 fully saturated rings. The highest BCUT2D eigenvalue weighted by Gasteiger charge is 2.35. The molecular weight excluding hydrogens is 272 g/mol. The van der Waals surface area contributed by atoms with Gasteiger partial charge in [0.1, 0.15) is 0 Å². The molecule has 1 aliphatic rings. The third-order valence-electron chi connectivity index (χ3n) is 3.36. The van der Waals surface area contributed by atoms with E-state index in [2.05, 4.69) is 15.0 Å². The maximum absolute atomic E-state index is 12.6. The molecular formula is C14H14N4O3. The van der Waals surface area contributed by atoms with Gasteiger partial charge in [-0.1, -0.05) is 6.07 Å². The van der Waals surface area contributed by atoms with E-state index >= 15 is 0 Å². The Bertz CT molecular complexity index is 664. The van der Waals surface area contributed by atoms with Gasteiger partial charge in [0.25, 0.3) is 5.91 Å². The Kier molecular flexibility index (Phi) is 3.39. The molecule has 2 N–H and O–H groups in total. The molecule has 1 saturated carbocycles. The minimum absolute atomic E-state index is 0.0506. The molecule has 0 aromatic carbocycles. The standard InChI is InChI=1S/C14H14N4O3/c19-13(11-12(14(20)21)17-8-16-11)18(10-4-5-10)7-9-3-1-2-6-15-9/h1-3,6,8,10H,4-5,7H2,(H,16,17)(H,20,21). The van der Waals surface area contributed by atoms with Crippen molar-refractivity contribution in [3.05, 3.63) is 47.8 Å². The van der Waals surface area contributed by atoms with E-state index < -0.39 is 5.97 Å². The minimum atomic E-state index is -1.19. The normalized spacial score (nSPS) is 13.9. The predicted molar refractivity (Wildman–Crippen MR) is 72.7 cm³/mol. The molecule has 0 radical (unpaired) electrons. The number of H-pyrrole nitrogens is 1. The van der Waals surface area contributed by atoms with Crippen LogP contribution in [-0.2, 0) is 6.54 Å². The average molecular weight is 286 g/mol. The summed E-state index contributed by atoms with van der Waals surface area (Å²) < 4.78 is 0. The summed E-state index contributed by atoms with van der Waals surface area (Å²) in [7, 11) is 0. The van der Waals surface area contributed by atoms with E-state index in [1.54, 1.807) is 11.1 Å². The zero-order valence-corrected chi connectivity index (χ0v) is 11.2. The summed E-state index contributed by atoms with van der Waals surface area (Å²) in [6.45, 7) is 0.357. The number of amides is 1. The molecule has 0 atom stereocenters. The lowest BCUT2D eigenvalue weighted by Gasteiger charge is -2.21. The Morgan fingerprint density at radius 3 is 2.76 bits per heavy atom. The van der Waals surface area contributed by atoms with Crippen LogP contribution in [0.3, 0.4) is 0 Å². The highest BCUT2D eigenvalue weighted by Crippen LogP contribution is 2.29. The Labute approximate surface area is 120 Å². The summed E-state index contributed by atoms with van der Waals surface area (Å²) in [5.74, 6) is -1.56. The Morgan fingerprint density at radius 1 is 1.33 bits per heavy atom. The molecule has 3 rings (SSSR count). The lowest BCUT2D eigenvalue weighted by molar-refractivity contribution is 0.0660. The maximum atomic E-state index is 12.6. The zero-order chi connectivity index (χ0) is 14.8. The number of carboxylic acid groups (broad SMARTS) is 1. The van der Waals surface area contributed by atoms with E-state index in [1.807, 2.05) is 18.2 Å². The smallest absolute Gasteiger partial charge is 0.354 e. The van der Waals surface area contributed by atoms with Gasteiger partial charge in [0, 0.05) is 12.2 Å². The number of hydrogen-bond acceptors (Lipinski definition) is 4. The molecule has 0 saturated heterocycles. The topological polar surface area (TPSA) is 99.2 Å². The number of aromatic carboxylic acids is 1. The Morgan fingerprint density at radius 2 is 2.14 bits per heavy atom. The number of hydrogen-bond donors (Lipinski definition) is 2. The summed E-state index contributed by atoms with van der Waals surface area (Å²) in [4.78, 5) is 35.9. The van der Waals surface area contributed by atoms with E-state index in [1.165, 1.54) is 6.33 Å². The molecule has 2 heterocycles. The van der Waals surface area contributed by atoms with Crippen LogP contribution < -0.4 is 0 Å². The van der Waals surface area contributed by atoms with Gasteiger partial charge in [0.05, 0.1) is 18.6 Å². The number of nitrogens with zero attached hydrogens (tertiary/aromatic N) is 3. The van der Waals surface area contributed by atoms with Crippen LogP contribution in [0.2, 0.25) is 0 Å². The molecule has 7 nitrogen and oxygen atoms in total. The number of pyridine rings is 1. The first-order chi connectivity index (χ1) is 10.2. The highest BCUT2D eigenvalue weighted by molar-refractivity contribution is 6.02. The molecule has 0 bridgehead atoms. The second-order valence-electron chi connectivity index (χ2n) is 4.92. The SMILES string of the molecule is O=C(O)c1[nH]cnc1C(=O)N(Cc1ccccn1)C1CC1. The van der Waals surface area contributed by atoms with Crippen molar-refractivity contribution < 1.29 is 14.7 Å². The molecule has 0 aliphatic heterocycles. The molecule has 2 aromatic rings. The van der Waals surface area contributed by atoms with Crippen LogP contribution in [-0.4, -0.2) is 42.9 Å². The number of carboxylic acids is 1. The molecule has 0 spiro atoms. The maximum Gasteiger partial charge on any atom is 0.354 e. The summed E-state index contributed by atoms with van der Waals surface area (Å²) in [5, 5.41) is 9.07. The monoisotopic (exact) mass is 286 g/mol.